The van der Waals surface area contributed by atoms with Crippen molar-refractivity contribution >= 4 is 0 Å². The van der Waals surface area contributed by atoms with E-state index in [4.69, 9.17) is 18.9 Å². The summed E-state index contributed by atoms with van der Waals surface area (Å²) >= 11 is 0. The van der Waals surface area contributed by atoms with Crippen LogP contribution in [0, 0.1) is 0 Å². The van der Waals surface area contributed by atoms with E-state index in [1.165, 1.54) is 22.3 Å². The van der Waals surface area contributed by atoms with Gasteiger partial charge in [0, 0.05) is 19.1 Å². The zero-order valence-electron chi connectivity index (χ0n) is 20.0. The maximum absolute atomic E-state index is 6.10. The lowest BCUT2D eigenvalue weighted by atomic mass is 9.83. The highest BCUT2D eigenvalue weighted by molar-refractivity contribution is 5.53. The molecule has 0 fully saturated rings. The number of benzene rings is 2. The maximum atomic E-state index is 6.10. The normalized spacial score (nSPS) is 17.2. The smallest absolute Gasteiger partial charge is 0.161 e. The SMILES string of the molecule is CCCCOc1cc2c(cc1OC)C[C@H]1c3cc(OCCCC)c(OC)cc3CCN1C2. The van der Waals surface area contributed by atoms with E-state index < -0.39 is 0 Å². The van der Waals surface area contributed by atoms with Crippen molar-refractivity contribution in [1.82, 2.24) is 4.90 Å². The molecular formula is C27H37NO4. The highest BCUT2D eigenvalue weighted by atomic mass is 16.5. The van der Waals surface area contributed by atoms with Gasteiger partial charge in [-0.3, -0.25) is 4.90 Å². The Labute approximate surface area is 192 Å². The lowest BCUT2D eigenvalue weighted by molar-refractivity contribution is 0.159. The van der Waals surface area contributed by atoms with Gasteiger partial charge in [-0.1, -0.05) is 26.7 Å². The molecule has 1 atom stereocenters. The van der Waals surface area contributed by atoms with Crippen LogP contribution in [0.3, 0.4) is 0 Å². The van der Waals surface area contributed by atoms with Crippen LogP contribution in [-0.4, -0.2) is 38.9 Å². The number of fused-ring (bicyclic) bond motifs is 4. The van der Waals surface area contributed by atoms with Crippen LogP contribution in [0.1, 0.15) is 67.8 Å². The van der Waals surface area contributed by atoms with Gasteiger partial charge < -0.3 is 18.9 Å². The Morgan fingerprint density at radius 3 is 2.00 bits per heavy atom. The van der Waals surface area contributed by atoms with Crippen LogP contribution in [0.2, 0.25) is 0 Å². The second kappa shape index (κ2) is 10.5. The molecule has 174 valence electrons. The van der Waals surface area contributed by atoms with Gasteiger partial charge in [0.1, 0.15) is 0 Å². The van der Waals surface area contributed by atoms with Crippen molar-refractivity contribution in [2.45, 2.75) is 65.0 Å². The van der Waals surface area contributed by atoms with E-state index in [1.54, 1.807) is 14.2 Å². The summed E-state index contributed by atoms with van der Waals surface area (Å²) in [5.41, 5.74) is 5.45. The summed E-state index contributed by atoms with van der Waals surface area (Å²) in [7, 11) is 3.46. The number of unbranched alkanes of at least 4 members (excludes halogenated alkanes) is 2. The summed E-state index contributed by atoms with van der Waals surface area (Å²) < 4.78 is 23.5. The average Bonchev–Trinajstić information content (AvgIpc) is 2.82. The van der Waals surface area contributed by atoms with Crippen molar-refractivity contribution < 1.29 is 18.9 Å². The third-order valence-corrected chi connectivity index (χ3v) is 6.68. The molecule has 0 amide bonds. The minimum atomic E-state index is 0.349. The van der Waals surface area contributed by atoms with E-state index in [1.807, 2.05) is 0 Å². The molecule has 0 unspecified atom stereocenters. The Bertz CT molecular complexity index is 926. The number of ether oxygens (including phenoxy) is 4. The zero-order chi connectivity index (χ0) is 22.5. The quantitative estimate of drug-likeness (QED) is 0.443. The molecule has 0 aliphatic carbocycles. The van der Waals surface area contributed by atoms with E-state index in [-0.39, 0.29) is 0 Å². The summed E-state index contributed by atoms with van der Waals surface area (Å²) in [6.45, 7) is 7.80. The van der Waals surface area contributed by atoms with Crippen LogP contribution in [0.5, 0.6) is 23.0 Å². The molecule has 2 aliphatic heterocycles. The second-order valence-electron chi connectivity index (χ2n) is 8.82. The first-order valence-electron chi connectivity index (χ1n) is 12.1. The first kappa shape index (κ1) is 22.8. The first-order chi connectivity index (χ1) is 15.7. The number of rotatable bonds is 10. The Morgan fingerprint density at radius 2 is 1.38 bits per heavy atom. The van der Waals surface area contributed by atoms with Crippen molar-refractivity contribution in [3.63, 3.8) is 0 Å². The molecule has 0 N–H and O–H groups in total. The van der Waals surface area contributed by atoms with Gasteiger partial charge >= 0.3 is 0 Å². The van der Waals surface area contributed by atoms with Crippen LogP contribution in [0.15, 0.2) is 24.3 Å². The average molecular weight is 440 g/mol. The largest absolute Gasteiger partial charge is 0.493 e. The summed E-state index contributed by atoms with van der Waals surface area (Å²) in [4.78, 5) is 2.59. The molecule has 5 heteroatoms. The molecule has 4 rings (SSSR count). The van der Waals surface area contributed by atoms with Crippen molar-refractivity contribution in [2.75, 3.05) is 34.0 Å². The van der Waals surface area contributed by atoms with Crippen LogP contribution in [-0.2, 0) is 19.4 Å². The lowest BCUT2D eigenvalue weighted by Crippen LogP contribution is -2.39. The van der Waals surface area contributed by atoms with Gasteiger partial charge in [-0.25, -0.2) is 0 Å². The van der Waals surface area contributed by atoms with Gasteiger partial charge in [0.2, 0.25) is 0 Å². The van der Waals surface area contributed by atoms with Gasteiger partial charge in [0.15, 0.2) is 23.0 Å². The molecule has 0 aromatic heterocycles. The topological polar surface area (TPSA) is 40.2 Å². The molecule has 2 heterocycles. The fourth-order valence-electron chi connectivity index (χ4n) is 4.80. The van der Waals surface area contributed by atoms with Crippen LogP contribution in [0.4, 0.5) is 0 Å². The Kier molecular flexibility index (Phi) is 7.46. The molecule has 0 radical (unpaired) electrons. The first-order valence-corrected chi connectivity index (χ1v) is 12.1. The van der Waals surface area contributed by atoms with Crippen molar-refractivity contribution in [2.24, 2.45) is 0 Å². The van der Waals surface area contributed by atoms with Crippen molar-refractivity contribution in [3.05, 3.63) is 46.5 Å². The fourth-order valence-corrected chi connectivity index (χ4v) is 4.80. The predicted octanol–water partition coefficient (Wildman–Crippen LogP) is 5.72. The highest BCUT2D eigenvalue weighted by Gasteiger charge is 2.34. The van der Waals surface area contributed by atoms with E-state index >= 15 is 0 Å². The minimum absolute atomic E-state index is 0.349. The minimum Gasteiger partial charge on any atom is -0.493 e. The zero-order valence-corrected chi connectivity index (χ0v) is 20.0. The van der Waals surface area contributed by atoms with Crippen molar-refractivity contribution in [1.29, 1.82) is 0 Å². The Balaban J connectivity index is 1.62. The molecule has 2 aromatic carbocycles. The van der Waals surface area contributed by atoms with Crippen molar-refractivity contribution in [3.8, 4) is 23.0 Å². The van der Waals surface area contributed by atoms with E-state index in [2.05, 4.69) is 43.0 Å². The molecular weight excluding hydrogens is 402 g/mol. The van der Waals surface area contributed by atoms with E-state index in [0.29, 0.717) is 6.04 Å². The maximum Gasteiger partial charge on any atom is 0.161 e. The Hall–Kier alpha value is -2.40. The summed E-state index contributed by atoms with van der Waals surface area (Å²) in [5.74, 6) is 3.42. The summed E-state index contributed by atoms with van der Waals surface area (Å²) in [5, 5.41) is 0. The monoisotopic (exact) mass is 439 g/mol. The number of nitrogens with zero attached hydrogens (tertiary/aromatic N) is 1. The van der Waals surface area contributed by atoms with Gasteiger partial charge in [-0.15, -0.1) is 0 Å². The number of methoxy groups -OCH3 is 2. The summed E-state index contributed by atoms with van der Waals surface area (Å²) in [6, 6.07) is 9.15. The van der Waals surface area contributed by atoms with Gasteiger partial charge in [0.25, 0.3) is 0 Å². The van der Waals surface area contributed by atoms with E-state index in [0.717, 1.165) is 87.8 Å². The van der Waals surface area contributed by atoms with Gasteiger partial charge in [-0.2, -0.15) is 0 Å². The molecule has 2 aliphatic rings. The molecule has 32 heavy (non-hydrogen) atoms. The van der Waals surface area contributed by atoms with Gasteiger partial charge in [0.05, 0.1) is 27.4 Å². The van der Waals surface area contributed by atoms with Crippen LogP contribution >= 0.6 is 0 Å². The molecule has 0 spiro atoms. The summed E-state index contributed by atoms with van der Waals surface area (Å²) in [6.07, 6.45) is 6.34. The number of hydrogen-bond donors (Lipinski definition) is 0. The molecule has 0 saturated carbocycles. The predicted molar refractivity (Wildman–Crippen MR) is 127 cm³/mol. The highest BCUT2D eigenvalue weighted by Crippen LogP contribution is 2.44. The molecule has 0 bridgehead atoms. The molecule has 2 aromatic rings. The standard InChI is InChI=1S/C27H37NO4/c1-5-7-11-31-26-16-21-18-28-10-9-19-14-24(29-3)27(32-12-8-6-2)17-22(19)23(28)13-20(21)15-25(26)30-4/h14-17,23H,5-13,18H2,1-4H3/t23-/m0/s1. The third-order valence-electron chi connectivity index (χ3n) is 6.68. The Morgan fingerprint density at radius 1 is 0.781 bits per heavy atom. The number of hydrogen-bond acceptors (Lipinski definition) is 5. The molecule has 5 nitrogen and oxygen atoms in total. The lowest BCUT2D eigenvalue weighted by Gasteiger charge is -2.42. The second-order valence-corrected chi connectivity index (χ2v) is 8.82. The fraction of sp³-hybridized carbons (Fsp3) is 0.556. The van der Waals surface area contributed by atoms with Crippen LogP contribution in [0.25, 0.3) is 0 Å². The third kappa shape index (κ3) is 4.68. The van der Waals surface area contributed by atoms with Crippen LogP contribution < -0.4 is 18.9 Å². The molecule has 0 saturated heterocycles. The van der Waals surface area contributed by atoms with E-state index in [9.17, 15) is 0 Å². The van der Waals surface area contributed by atoms with Gasteiger partial charge in [-0.05, 0) is 72.2 Å².